The Hall–Kier alpha value is -1.17. The Morgan fingerprint density at radius 1 is 1.58 bits per heavy atom. The summed E-state index contributed by atoms with van der Waals surface area (Å²) in [7, 11) is 0. The van der Waals surface area contributed by atoms with E-state index in [-0.39, 0.29) is 11.8 Å². The van der Waals surface area contributed by atoms with Crippen LogP contribution in [0.2, 0.25) is 5.02 Å². The van der Waals surface area contributed by atoms with E-state index in [9.17, 15) is 4.79 Å². The first kappa shape index (κ1) is 14.2. The third-order valence-electron chi connectivity index (χ3n) is 3.14. The van der Waals surface area contributed by atoms with Gasteiger partial charge < -0.3 is 11.1 Å². The van der Waals surface area contributed by atoms with Crippen LogP contribution < -0.4 is 11.1 Å². The van der Waals surface area contributed by atoms with Gasteiger partial charge in [0.2, 0.25) is 5.91 Å². The molecule has 2 atom stereocenters. The topological polar surface area (TPSA) is 68.0 Å². The van der Waals surface area contributed by atoms with E-state index in [1.807, 2.05) is 26.0 Å². The number of fused-ring (bicyclic) bond motifs is 1. The number of thiazole rings is 1. The largest absolute Gasteiger partial charge is 0.320 e. The van der Waals surface area contributed by atoms with E-state index in [4.69, 9.17) is 17.3 Å². The lowest BCUT2D eigenvalue weighted by molar-refractivity contribution is -0.118. The minimum atomic E-state index is -0.513. The SMILES string of the molecule is CC[C@H](C)[C@H](N)C(=O)Nc1nc2ccc(Cl)cc2s1. The highest BCUT2D eigenvalue weighted by atomic mass is 35.5. The van der Waals surface area contributed by atoms with Gasteiger partial charge in [-0.1, -0.05) is 43.2 Å². The molecule has 3 N–H and O–H groups in total. The predicted octanol–water partition coefficient (Wildman–Crippen LogP) is 3.26. The van der Waals surface area contributed by atoms with Crippen molar-refractivity contribution >= 4 is 44.2 Å². The molecule has 2 rings (SSSR count). The van der Waals surface area contributed by atoms with Crippen LogP contribution in [0.4, 0.5) is 5.13 Å². The Bertz CT molecular complexity index is 599. The van der Waals surface area contributed by atoms with E-state index in [1.165, 1.54) is 11.3 Å². The van der Waals surface area contributed by atoms with Crippen molar-refractivity contribution in [2.45, 2.75) is 26.3 Å². The van der Waals surface area contributed by atoms with Crippen molar-refractivity contribution in [1.82, 2.24) is 4.98 Å². The van der Waals surface area contributed by atoms with Gasteiger partial charge in [-0.05, 0) is 24.1 Å². The van der Waals surface area contributed by atoms with Gasteiger partial charge in [-0.3, -0.25) is 4.79 Å². The molecule has 0 aliphatic rings. The van der Waals surface area contributed by atoms with Gasteiger partial charge in [0.15, 0.2) is 5.13 Å². The molecule has 1 heterocycles. The number of hydrogen-bond acceptors (Lipinski definition) is 4. The van der Waals surface area contributed by atoms with Crippen molar-refractivity contribution in [2.75, 3.05) is 5.32 Å². The third-order valence-corrected chi connectivity index (χ3v) is 4.31. The van der Waals surface area contributed by atoms with Gasteiger partial charge in [0.25, 0.3) is 0 Å². The number of nitrogens with one attached hydrogen (secondary N) is 1. The Kier molecular flexibility index (Phi) is 4.39. The van der Waals surface area contributed by atoms with E-state index in [0.29, 0.717) is 10.2 Å². The van der Waals surface area contributed by atoms with Gasteiger partial charge in [-0.2, -0.15) is 0 Å². The maximum atomic E-state index is 12.0. The molecule has 0 aliphatic heterocycles. The molecular formula is C13H16ClN3OS. The van der Waals surface area contributed by atoms with Gasteiger partial charge in [0.1, 0.15) is 0 Å². The molecule has 6 heteroatoms. The first-order valence-electron chi connectivity index (χ1n) is 6.13. The maximum Gasteiger partial charge on any atom is 0.243 e. The van der Waals surface area contributed by atoms with E-state index in [1.54, 1.807) is 6.07 Å². The Labute approximate surface area is 121 Å². The van der Waals surface area contributed by atoms with Crippen LogP contribution in [0, 0.1) is 5.92 Å². The van der Waals surface area contributed by atoms with Gasteiger partial charge >= 0.3 is 0 Å². The zero-order valence-electron chi connectivity index (χ0n) is 10.8. The average Bonchev–Trinajstić information content (AvgIpc) is 2.77. The standard InChI is InChI=1S/C13H16ClN3OS/c1-3-7(2)11(15)12(18)17-13-16-9-5-4-8(14)6-10(9)19-13/h4-7,11H,3,15H2,1-2H3,(H,16,17,18)/t7-,11-/m0/s1. The highest BCUT2D eigenvalue weighted by molar-refractivity contribution is 7.22. The molecule has 102 valence electrons. The number of amides is 1. The monoisotopic (exact) mass is 297 g/mol. The average molecular weight is 298 g/mol. The van der Waals surface area contributed by atoms with Crippen molar-refractivity contribution in [1.29, 1.82) is 0 Å². The Balaban J connectivity index is 2.15. The molecule has 2 aromatic rings. The van der Waals surface area contributed by atoms with E-state index in [0.717, 1.165) is 16.6 Å². The molecule has 0 saturated carbocycles. The van der Waals surface area contributed by atoms with E-state index < -0.39 is 6.04 Å². The number of rotatable bonds is 4. The number of carbonyl (C=O) groups excluding carboxylic acids is 1. The second-order valence-corrected chi connectivity index (χ2v) is 6.00. The van der Waals surface area contributed by atoms with Gasteiger partial charge in [0, 0.05) is 5.02 Å². The summed E-state index contributed by atoms with van der Waals surface area (Å²) in [5, 5.41) is 3.98. The van der Waals surface area contributed by atoms with Crippen LogP contribution in [0.5, 0.6) is 0 Å². The summed E-state index contributed by atoms with van der Waals surface area (Å²) in [4.78, 5) is 16.3. The Morgan fingerprint density at radius 3 is 3.00 bits per heavy atom. The molecule has 0 bridgehead atoms. The van der Waals surface area contributed by atoms with Crippen LogP contribution in [0.25, 0.3) is 10.2 Å². The zero-order chi connectivity index (χ0) is 14.0. The fourth-order valence-electron chi connectivity index (χ4n) is 1.65. The van der Waals surface area contributed by atoms with Crippen molar-refractivity contribution in [3.05, 3.63) is 23.2 Å². The molecule has 0 fully saturated rings. The number of hydrogen-bond donors (Lipinski definition) is 2. The number of aromatic nitrogens is 1. The van der Waals surface area contributed by atoms with E-state index >= 15 is 0 Å². The lowest BCUT2D eigenvalue weighted by Gasteiger charge is -2.16. The number of nitrogens with two attached hydrogens (primary N) is 1. The minimum absolute atomic E-state index is 0.142. The van der Waals surface area contributed by atoms with Gasteiger partial charge in [-0.25, -0.2) is 4.98 Å². The van der Waals surface area contributed by atoms with Crippen LogP contribution in [0.1, 0.15) is 20.3 Å². The molecular weight excluding hydrogens is 282 g/mol. The lowest BCUT2D eigenvalue weighted by atomic mass is 10.00. The van der Waals surface area contributed by atoms with Crippen LogP contribution >= 0.6 is 22.9 Å². The second kappa shape index (κ2) is 5.86. The molecule has 0 radical (unpaired) electrons. The predicted molar refractivity (Wildman–Crippen MR) is 80.7 cm³/mol. The van der Waals surface area contributed by atoms with Crippen LogP contribution in [-0.2, 0) is 4.79 Å². The molecule has 19 heavy (non-hydrogen) atoms. The van der Waals surface area contributed by atoms with Crippen molar-refractivity contribution in [3.8, 4) is 0 Å². The number of benzene rings is 1. The van der Waals surface area contributed by atoms with Gasteiger partial charge in [0.05, 0.1) is 16.3 Å². The molecule has 0 unspecified atom stereocenters. The Morgan fingerprint density at radius 2 is 2.32 bits per heavy atom. The number of nitrogens with zero attached hydrogens (tertiary/aromatic N) is 1. The summed E-state index contributed by atoms with van der Waals surface area (Å²) >= 11 is 7.31. The summed E-state index contributed by atoms with van der Waals surface area (Å²) in [6, 6.07) is 4.93. The summed E-state index contributed by atoms with van der Waals surface area (Å²) < 4.78 is 0.944. The second-order valence-electron chi connectivity index (χ2n) is 4.53. The van der Waals surface area contributed by atoms with Gasteiger partial charge in [-0.15, -0.1) is 0 Å². The number of halogens is 1. The summed E-state index contributed by atoms with van der Waals surface area (Å²) in [5.41, 5.74) is 6.70. The number of carbonyl (C=O) groups is 1. The molecule has 1 aromatic heterocycles. The number of anilines is 1. The van der Waals surface area contributed by atoms with Crippen LogP contribution in [-0.4, -0.2) is 16.9 Å². The first-order valence-corrected chi connectivity index (χ1v) is 7.33. The quantitative estimate of drug-likeness (QED) is 0.910. The fraction of sp³-hybridized carbons (Fsp3) is 0.385. The summed E-state index contributed by atoms with van der Waals surface area (Å²) in [6.07, 6.45) is 0.865. The molecule has 4 nitrogen and oxygen atoms in total. The third kappa shape index (κ3) is 3.23. The van der Waals surface area contributed by atoms with Crippen molar-refractivity contribution in [3.63, 3.8) is 0 Å². The fourth-order valence-corrected chi connectivity index (χ4v) is 2.80. The van der Waals surface area contributed by atoms with E-state index in [2.05, 4.69) is 10.3 Å². The molecule has 1 amide bonds. The molecule has 0 saturated heterocycles. The highest BCUT2D eigenvalue weighted by Crippen LogP contribution is 2.28. The smallest absolute Gasteiger partial charge is 0.243 e. The molecule has 0 aliphatic carbocycles. The van der Waals surface area contributed by atoms with Crippen LogP contribution in [0.3, 0.4) is 0 Å². The molecule has 1 aromatic carbocycles. The zero-order valence-corrected chi connectivity index (χ0v) is 12.4. The normalized spacial score (nSPS) is 14.3. The summed E-state index contributed by atoms with van der Waals surface area (Å²) in [5.74, 6) is -0.0525. The maximum absolute atomic E-state index is 12.0. The molecule has 0 spiro atoms. The highest BCUT2D eigenvalue weighted by Gasteiger charge is 2.20. The summed E-state index contributed by atoms with van der Waals surface area (Å²) in [6.45, 7) is 3.97. The first-order chi connectivity index (χ1) is 9.01. The van der Waals surface area contributed by atoms with Crippen LogP contribution in [0.15, 0.2) is 18.2 Å². The van der Waals surface area contributed by atoms with Crippen molar-refractivity contribution in [2.24, 2.45) is 11.7 Å². The lowest BCUT2D eigenvalue weighted by Crippen LogP contribution is -2.40. The van der Waals surface area contributed by atoms with Crippen molar-refractivity contribution < 1.29 is 4.79 Å². The minimum Gasteiger partial charge on any atom is -0.320 e.